The van der Waals surface area contributed by atoms with Crippen LogP contribution in [0.3, 0.4) is 0 Å². The van der Waals surface area contributed by atoms with Gasteiger partial charge in [-0.3, -0.25) is 14.9 Å². The van der Waals surface area contributed by atoms with Crippen molar-refractivity contribution in [1.29, 1.82) is 0 Å². The smallest absolute Gasteiger partial charge is 0.375 e. The highest BCUT2D eigenvalue weighted by Gasteiger charge is 2.31. The third-order valence-electron chi connectivity index (χ3n) is 3.96. The van der Waals surface area contributed by atoms with Gasteiger partial charge in [0.25, 0.3) is 21.6 Å². The Morgan fingerprint density at radius 2 is 1.93 bits per heavy atom. The van der Waals surface area contributed by atoms with Crippen molar-refractivity contribution < 1.29 is 32.1 Å². The summed E-state index contributed by atoms with van der Waals surface area (Å²) in [5, 5.41) is 12.9. The van der Waals surface area contributed by atoms with Crippen molar-refractivity contribution in [2.45, 2.75) is 37.0 Å². The topological polar surface area (TPSA) is 158 Å². The highest BCUT2D eigenvalue weighted by molar-refractivity contribution is 7.89. The van der Waals surface area contributed by atoms with Crippen LogP contribution in [0.4, 0.5) is 11.4 Å². The van der Waals surface area contributed by atoms with Crippen LogP contribution in [0.25, 0.3) is 0 Å². The van der Waals surface area contributed by atoms with Crippen LogP contribution in [0.1, 0.15) is 30.3 Å². The molecule has 1 aromatic carbocycles. The molecule has 1 fully saturated rings. The Hall–Kier alpha value is -3.25. The SMILES string of the molecule is CC(OC(=O)c1ccc(S(=O)(=O)NC2CC2)o1)C(=O)Nc1ccccc1[N+](=O)[O-]. The summed E-state index contributed by atoms with van der Waals surface area (Å²) < 4.78 is 36.5. The minimum atomic E-state index is -3.88. The van der Waals surface area contributed by atoms with E-state index in [1.54, 1.807) is 0 Å². The standard InChI is InChI=1S/C17H17N3O8S/c1-10(16(21)18-12-4-2-3-5-13(12)20(23)24)27-17(22)14-8-9-15(28-14)29(25,26)19-11-6-7-11/h2-5,8-11,19H,6-7H2,1H3,(H,18,21). The van der Waals surface area contributed by atoms with Gasteiger partial charge in [-0.25, -0.2) is 17.9 Å². The number of nitrogens with one attached hydrogen (secondary N) is 2. The van der Waals surface area contributed by atoms with Crippen LogP contribution in [0.5, 0.6) is 0 Å². The zero-order valence-electron chi connectivity index (χ0n) is 15.2. The van der Waals surface area contributed by atoms with E-state index < -0.39 is 43.8 Å². The quantitative estimate of drug-likeness (QED) is 0.369. The van der Waals surface area contributed by atoms with Crippen molar-refractivity contribution in [2.75, 3.05) is 5.32 Å². The second kappa shape index (κ2) is 8.01. The molecular weight excluding hydrogens is 406 g/mol. The largest absolute Gasteiger partial charge is 0.447 e. The van der Waals surface area contributed by atoms with Gasteiger partial charge >= 0.3 is 5.97 Å². The monoisotopic (exact) mass is 423 g/mol. The number of hydrogen-bond donors (Lipinski definition) is 2. The highest BCUT2D eigenvalue weighted by Crippen LogP contribution is 2.24. The summed E-state index contributed by atoms with van der Waals surface area (Å²) in [6.07, 6.45) is 0.152. The lowest BCUT2D eigenvalue weighted by atomic mass is 10.2. The number of nitro benzene ring substituents is 1. The molecule has 1 aliphatic carbocycles. The van der Waals surface area contributed by atoms with Gasteiger partial charge in [-0.05, 0) is 38.0 Å². The molecule has 1 heterocycles. The van der Waals surface area contributed by atoms with E-state index in [-0.39, 0.29) is 17.4 Å². The number of carbonyl (C=O) groups is 2. The van der Waals surface area contributed by atoms with Gasteiger partial charge in [0.15, 0.2) is 6.10 Å². The molecule has 0 bridgehead atoms. The minimum Gasteiger partial charge on any atom is -0.447 e. The number of sulfonamides is 1. The van der Waals surface area contributed by atoms with Gasteiger partial charge in [-0.1, -0.05) is 12.1 Å². The van der Waals surface area contributed by atoms with Gasteiger partial charge in [-0.15, -0.1) is 0 Å². The number of nitrogens with zero attached hydrogens (tertiary/aromatic N) is 1. The number of hydrogen-bond acceptors (Lipinski definition) is 8. The van der Waals surface area contributed by atoms with Crippen LogP contribution in [-0.4, -0.2) is 37.4 Å². The Bertz CT molecular complexity index is 1060. The van der Waals surface area contributed by atoms with E-state index >= 15 is 0 Å². The third-order valence-corrected chi connectivity index (χ3v) is 5.35. The third kappa shape index (κ3) is 4.97. The zero-order valence-corrected chi connectivity index (χ0v) is 16.0. The molecule has 0 radical (unpaired) electrons. The minimum absolute atomic E-state index is 0.0528. The van der Waals surface area contributed by atoms with E-state index in [1.807, 2.05) is 0 Å². The number of anilines is 1. The Kier molecular flexibility index (Phi) is 5.66. The molecule has 1 aromatic heterocycles. The molecule has 12 heteroatoms. The molecule has 2 aromatic rings. The molecule has 2 N–H and O–H groups in total. The molecular formula is C17H17N3O8S. The molecule has 29 heavy (non-hydrogen) atoms. The maximum absolute atomic E-state index is 12.2. The van der Waals surface area contributed by atoms with E-state index in [0.29, 0.717) is 0 Å². The summed E-state index contributed by atoms with van der Waals surface area (Å²) in [5.74, 6) is -2.25. The number of para-hydroxylation sites is 2. The van der Waals surface area contributed by atoms with Gasteiger partial charge in [0.05, 0.1) is 4.92 Å². The van der Waals surface area contributed by atoms with Crippen LogP contribution in [0, 0.1) is 10.1 Å². The fourth-order valence-electron chi connectivity index (χ4n) is 2.30. The van der Waals surface area contributed by atoms with Gasteiger partial charge in [0, 0.05) is 12.1 Å². The predicted octanol–water partition coefficient (Wildman–Crippen LogP) is 1.81. The number of amides is 1. The maximum atomic E-state index is 12.2. The fraction of sp³-hybridized carbons (Fsp3) is 0.294. The highest BCUT2D eigenvalue weighted by atomic mass is 32.2. The van der Waals surface area contributed by atoms with E-state index in [2.05, 4.69) is 10.0 Å². The van der Waals surface area contributed by atoms with Crippen LogP contribution in [0.15, 0.2) is 45.9 Å². The Morgan fingerprint density at radius 1 is 1.24 bits per heavy atom. The summed E-state index contributed by atoms with van der Waals surface area (Å²) in [7, 11) is -3.88. The van der Waals surface area contributed by atoms with Gasteiger partial charge in [0.1, 0.15) is 5.69 Å². The van der Waals surface area contributed by atoms with Gasteiger partial charge in [-0.2, -0.15) is 0 Å². The first-order valence-corrected chi connectivity index (χ1v) is 10.0. The number of esters is 1. The van der Waals surface area contributed by atoms with Crippen molar-refractivity contribution in [3.63, 3.8) is 0 Å². The number of carbonyl (C=O) groups excluding carboxylic acids is 2. The average Bonchev–Trinajstić information content (AvgIpc) is 3.31. The first kappa shape index (κ1) is 20.5. The second-order valence-electron chi connectivity index (χ2n) is 6.33. The lowest BCUT2D eigenvalue weighted by Gasteiger charge is -2.12. The lowest BCUT2D eigenvalue weighted by Crippen LogP contribution is -2.30. The number of nitro groups is 1. The van der Waals surface area contributed by atoms with E-state index in [0.717, 1.165) is 25.0 Å². The Labute approximate surface area is 165 Å². The number of furan rings is 1. The first-order chi connectivity index (χ1) is 13.7. The van der Waals surface area contributed by atoms with Crippen molar-refractivity contribution in [3.05, 3.63) is 52.3 Å². The summed E-state index contributed by atoms with van der Waals surface area (Å²) in [6, 6.07) is 7.59. The fourth-order valence-corrected chi connectivity index (χ4v) is 3.54. The van der Waals surface area contributed by atoms with Crippen molar-refractivity contribution >= 4 is 33.3 Å². The summed E-state index contributed by atoms with van der Waals surface area (Å²) in [5.41, 5.74) is -0.369. The molecule has 1 amide bonds. The van der Waals surface area contributed by atoms with Crippen LogP contribution < -0.4 is 10.0 Å². The van der Waals surface area contributed by atoms with Gasteiger partial charge < -0.3 is 14.5 Å². The molecule has 1 aliphatic rings. The lowest BCUT2D eigenvalue weighted by molar-refractivity contribution is -0.383. The van der Waals surface area contributed by atoms with E-state index in [4.69, 9.17) is 9.15 Å². The number of ether oxygens (including phenoxy) is 1. The summed E-state index contributed by atoms with van der Waals surface area (Å²) >= 11 is 0. The molecule has 1 saturated carbocycles. The molecule has 0 spiro atoms. The van der Waals surface area contributed by atoms with E-state index in [9.17, 15) is 28.1 Å². The zero-order chi connectivity index (χ0) is 21.2. The van der Waals surface area contributed by atoms with Gasteiger partial charge in [0.2, 0.25) is 10.9 Å². The first-order valence-electron chi connectivity index (χ1n) is 8.55. The van der Waals surface area contributed by atoms with Crippen LogP contribution in [0.2, 0.25) is 0 Å². The average molecular weight is 423 g/mol. The molecule has 0 aliphatic heterocycles. The van der Waals surface area contributed by atoms with Crippen molar-refractivity contribution in [1.82, 2.24) is 4.72 Å². The summed E-state index contributed by atoms with van der Waals surface area (Å²) in [4.78, 5) is 34.7. The van der Waals surface area contributed by atoms with Crippen LogP contribution >= 0.6 is 0 Å². The summed E-state index contributed by atoms with van der Waals surface area (Å²) in [6.45, 7) is 1.26. The molecule has 154 valence electrons. The van der Waals surface area contributed by atoms with Crippen LogP contribution in [-0.2, 0) is 19.6 Å². The predicted molar refractivity (Wildman–Crippen MR) is 98.7 cm³/mol. The van der Waals surface area contributed by atoms with Crippen molar-refractivity contribution in [2.24, 2.45) is 0 Å². The normalized spacial score (nSPS) is 14.8. The number of rotatable bonds is 8. The molecule has 3 rings (SSSR count). The van der Waals surface area contributed by atoms with Crippen molar-refractivity contribution in [3.8, 4) is 0 Å². The molecule has 1 unspecified atom stereocenters. The second-order valence-corrected chi connectivity index (χ2v) is 7.97. The molecule has 1 atom stereocenters. The Morgan fingerprint density at radius 3 is 2.59 bits per heavy atom. The maximum Gasteiger partial charge on any atom is 0.375 e. The van der Waals surface area contributed by atoms with E-state index in [1.165, 1.54) is 31.2 Å². The number of benzene rings is 1. The molecule has 11 nitrogen and oxygen atoms in total. The molecule has 0 saturated heterocycles. The Balaban J connectivity index is 1.63.